The maximum absolute atomic E-state index is 13.5. The van der Waals surface area contributed by atoms with Crippen molar-refractivity contribution in [3.63, 3.8) is 0 Å². The molecule has 3 heterocycles. The van der Waals surface area contributed by atoms with E-state index in [-0.39, 0.29) is 36.3 Å². The number of likely N-dealkylation sites (tertiary alicyclic amines) is 1. The van der Waals surface area contributed by atoms with Crippen LogP contribution in [0.15, 0.2) is 24.4 Å². The Morgan fingerprint density at radius 3 is 2.55 bits per heavy atom. The largest absolute Gasteiger partial charge is 0.334 e. The lowest BCUT2D eigenvalue weighted by Gasteiger charge is -2.38. The Kier molecular flexibility index (Phi) is 9.17. The number of piperidine rings is 1. The van der Waals surface area contributed by atoms with Crippen molar-refractivity contribution in [3.8, 4) is 0 Å². The molecule has 2 aliphatic rings. The summed E-state index contributed by atoms with van der Waals surface area (Å²) in [6.45, 7) is 3.84. The first-order chi connectivity index (χ1) is 13.6. The van der Waals surface area contributed by atoms with Gasteiger partial charge in [-0.25, -0.2) is 4.79 Å². The van der Waals surface area contributed by atoms with Gasteiger partial charge in [0.2, 0.25) is 5.91 Å². The van der Waals surface area contributed by atoms with E-state index in [9.17, 15) is 9.59 Å². The number of amides is 3. The highest BCUT2D eigenvalue weighted by Crippen LogP contribution is 2.25. The third kappa shape index (κ3) is 6.31. The minimum Gasteiger partial charge on any atom is -0.334 e. The summed E-state index contributed by atoms with van der Waals surface area (Å²) < 4.78 is 0. The first kappa shape index (κ1) is 23.4. The van der Waals surface area contributed by atoms with Crippen LogP contribution in [0.25, 0.3) is 0 Å². The highest BCUT2D eigenvalue weighted by Gasteiger charge is 2.33. The molecule has 1 unspecified atom stereocenters. The molecule has 2 aliphatic heterocycles. The molecule has 1 N–H and O–H groups in total. The summed E-state index contributed by atoms with van der Waals surface area (Å²) in [6, 6.07) is 6.17. The maximum atomic E-state index is 13.5. The molecule has 0 spiro atoms. The van der Waals surface area contributed by atoms with Gasteiger partial charge in [0.05, 0.1) is 12.2 Å². The number of rotatable bonds is 4. The minimum absolute atomic E-state index is 0. The fourth-order valence-corrected chi connectivity index (χ4v) is 4.20. The molecule has 7 nitrogen and oxygen atoms in total. The molecule has 0 radical (unpaired) electrons. The second-order valence-corrected chi connectivity index (χ2v) is 8.06. The van der Waals surface area contributed by atoms with E-state index >= 15 is 0 Å². The fraction of sp³-hybridized carbons (Fsp3) is 0.667. The van der Waals surface area contributed by atoms with Gasteiger partial charge in [-0.2, -0.15) is 0 Å². The molecule has 2 saturated heterocycles. The van der Waals surface area contributed by atoms with Gasteiger partial charge in [0.25, 0.3) is 0 Å². The first-order valence-corrected chi connectivity index (χ1v) is 10.4. The van der Waals surface area contributed by atoms with Crippen LogP contribution in [0.2, 0.25) is 0 Å². The summed E-state index contributed by atoms with van der Waals surface area (Å²) in [5, 5.41) is 3.44. The molecule has 29 heavy (non-hydrogen) atoms. The SMILES string of the molecule is CN(C)C(=O)N1CCC(C(=O)N(Cc2ccccn2)C2CCCNCC2)CC1.Cl. The van der Waals surface area contributed by atoms with Crippen LogP contribution in [0, 0.1) is 5.92 Å². The highest BCUT2D eigenvalue weighted by atomic mass is 35.5. The average Bonchev–Trinajstić information content (AvgIpc) is 3.01. The van der Waals surface area contributed by atoms with E-state index in [1.807, 2.05) is 23.1 Å². The number of pyridine rings is 1. The Balaban J connectivity index is 0.00000300. The quantitative estimate of drug-likeness (QED) is 0.807. The van der Waals surface area contributed by atoms with Crippen molar-refractivity contribution in [2.24, 2.45) is 5.92 Å². The second kappa shape index (κ2) is 11.4. The van der Waals surface area contributed by atoms with E-state index in [2.05, 4.69) is 15.2 Å². The van der Waals surface area contributed by atoms with Gasteiger partial charge in [-0.3, -0.25) is 9.78 Å². The number of carbonyl (C=O) groups excluding carboxylic acids is 2. The van der Waals surface area contributed by atoms with E-state index < -0.39 is 0 Å². The molecule has 0 saturated carbocycles. The second-order valence-electron chi connectivity index (χ2n) is 8.06. The summed E-state index contributed by atoms with van der Waals surface area (Å²) >= 11 is 0. The lowest BCUT2D eigenvalue weighted by atomic mass is 9.93. The normalized spacial score (nSPS) is 20.3. The first-order valence-electron chi connectivity index (χ1n) is 10.4. The Morgan fingerprint density at radius 1 is 1.14 bits per heavy atom. The van der Waals surface area contributed by atoms with Crippen LogP contribution in [0.1, 0.15) is 37.8 Å². The van der Waals surface area contributed by atoms with Gasteiger partial charge in [-0.1, -0.05) is 6.07 Å². The number of urea groups is 1. The predicted octanol–water partition coefficient (Wildman–Crippen LogP) is 2.37. The van der Waals surface area contributed by atoms with Crippen molar-refractivity contribution in [3.05, 3.63) is 30.1 Å². The Labute approximate surface area is 180 Å². The monoisotopic (exact) mass is 423 g/mol. The maximum Gasteiger partial charge on any atom is 0.319 e. The number of halogens is 1. The van der Waals surface area contributed by atoms with Gasteiger partial charge < -0.3 is 20.0 Å². The zero-order valence-electron chi connectivity index (χ0n) is 17.5. The van der Waals surface area contributed by atoms with Gasteiger partial charge >= 0.3 is 6.03 Å². The van der Waals surface area contributed by atoms with E-state index in [1.165, 1.54) is 0 Å². The molecule has 1 atom stereocenters. The lowest BCUT2D eigenvalue weighted by Crippen LogP contribution is -2.49. The van der Waals surface area contributed by atoms with Crippen LogP contribution in [-0.2, 0) is 11.3 Å². The van der Waals surface area contributed by atoms with E-state index in [4.69, 9.17) is 0 Å². The topological polar surface area (TPSA) is 68.8 Å². The van der Waals surface area contributed by atoms with Crippen LogP contribution >= 0.6 is 12.4 Å². The van der Waals surface area contributed by atoms with Crippen molar-refractivity contribution in [2.75, 3.05) is 40.3 Å². The van der Waals surface area contributed by atoms with Crippen molar-refractivity contribution >= 4 is 24.3 Å². The molecule has 0 bridgehead atoms. The van der Waals surface area contributed by atoms with Gasteiger partial charge in [0.1, 0.15) is 0 Å². The minimum atomic E-state index is -0.00821. The third-order valence-electron chi connectivity index (χ3n) is 5.82. The van der Waals surface area contributed by atoms with Crippen molar-refractivity contribution in [1.82, 2.24) is 25.0 Å². The van der Waals surface area contributed by atoms with Crippen LogP contribution < -0.4 is 5.32 Å². The number of hydrogen-bond acceptors (Lipinski definition) is 4. The van der Waals surface area contributed by atoms with Crippen LogP contribution in [-0.4, -0.2) is 77.9 Å². The predicted molar refractivity (Wildman–Crippen MR) is 116 cm³/mol. The zero-order valence-corrected chi connectivity index (χ0v) is 18.4. The van der Waals surface area contributed by atoms with Crippen LogP contribution in [0.5, 0.6) is 0 Å². The standard InChI is InChI=1S/C21H33N5O2.ClH/c1-24(2)21(28)25-14-9-17(10-15-25)20(27)26(16-18-6-3-4-12-23-18)19-7-5-11-22-13-8-19;/h3-4,6,12,17,19,22H,5,7-11,13-16H2,1-2H3;1H. The summed E-state index contributed by atoms with van der Waals surface area (Å²) in [5.74, 6) is 0.223. The van der Waals surface area contributed by atoms with Gasteiger partial charge in [0.15, 0.2) is 0 Å². The van der Waals surface area contributed by atoms with E-state index in [0.29, 0.717) is 19.6 Å². The third-order valence-corrected chi connectivity index (χ3v) is 5.82. The van der Waals surface area contributed by atoms with Gasteiger partial charge in [-0.05, 0) is 57.3 Å². The Morgan fingerprint density at radius 2 is 1.90 bits per heavy atom. The number of nitrogens with zero attached hydrogens (tertiary/aromatic N) is 4. The van der Waals surface area contributed by atoms with E-state index in [0.717, 1.165) is 50.9 Å². The molecule has 162 valence electrons. The Bertz CT molecular complexity index is 642. The smallest absolute Gasteiger partial charge is 0.319 e. The average molecular weight is 424 g/mol. The zero-order chi connectivity index (χ0) is 19.9. The fourth-order valence-electron chi connectivity index (χ4n) is 4.20. The Hall–Kier alpha value is -1.86. The number of hydrogen-bond donors (Lipinski definition) is 1. The molecular weight excluding hydrogens is 390 g/mol. The van der Waals surface area contributed by atoms with E-state index in [1.54, 1.807) is 25.2 Å². The molecule has 1 aromatic heterocycles. The van der Waals surface area contributed by atoms with Crippen molar-refractivity contribution in [1.29, 1.82) is 0 Å². The summed E-state index contributed by atoms with van der Waals surface area (Å²) in [7, 11) is 3.54. The number of nitrogens with one attached hydrogen (secondary N) is 1. The lowest BCUT2D eigenvalue weighted by molar-refractivity contribution is -0.140. The van der Waals surface area contributed by atoms with Gasteiger partial charge in [0, 0.05) is 45.3 Å². The highest BCUT2D eigenvalue weighted by molar-refractivity contribution is 5.85. The number of aromatic nitrogens is 1. The van der Waals surface area contributed by atoms with Crippen LogP contribution in [0.3, 0.4) is 0 Å². The molecule has 8 heteroatoms. The molecule has 3 rings (SSSR count). The molecule has 2 fully saturated rings. The van der Waals surface area contributed by atoms with Crippen LogP contribution in [0.4, 0.5) is 4.79 Å². The van der Waals surface area contributed by atoms with Gasteiger partial charge in [-0.15, -0.1) is 12.4 Å². The molecule has 0 aliphatic carbocycles. The summed E-state index contributed by atoms with van der Waals surface area (Å²) in [6.07, 6.45) is 6.37. The molecule has 1 aromatic rings. The van der Waals surface area contributed by atoms with Crippen molar-refractivity contribution < 1.29 is 9.59 Å². The molecular formula is C21H34ClN5O2. The van der Waals surface area contributed by atoms with Crippen molar-refractivity contribution in [2.45, 2.75) is 44.7 Å². The summed E-state index contributed by atoms with van der Waals surface area (Å²) in [4.78, 5) is 35.6. The number of carbonyl (C=O) groups is 2. The summed E-state index contributed by atoms with van der Waals surface area (Å²) in [5.41, 5.74) is 0.938. The molecule has 3 amide bonds. The molecule has 0 aromatic carbocycles.